The number of rotatable bonds is 4. The quantitative estimate of drug-likeness (QED) is 0.905. The van der Waals surface area contributed by atoms with Gasteiger partial charge in [0.1, 0.15) is 11.6 Å². The second kappa shape index (κ2) is 5.16. The Labute approximate surface area is 104 Å². The molecule has 1 N–H and O–H groups in total. The third-order valence-corrected chi connectivity index (χ3v) is 2.74. The number of hydrogen-bond donors (Lipinski definition) is 1. The molecule has 0 amide bonds. The molecule has 0 aliphatic carbocycles. The predicted molar refractivity (Wildman–Crippen MR) is 66.5 cm³/mol. The summed E-state index contributed by atoms with van der Waals surface area (Å²) in [5.41, 5.74) is 1.56. The Bertz CT molecular complexity index is 549. The topological polar surface area (TPSA) is 29.9 Å². The maximum atomic E-state index is 13.5. The molecule has 0 aliphatic heterocycles. The standard InChI is InChI=1S/C13H15F2N3/c1-9-5-12(15)13(6-11(9)14)16-4-3-10-7-17-18(2)8-10/h5-8,16H,3-4H2,1-2H3. The highest BCUT2D eigenvalue weighted by Gasteiger charge is 2.06. The van der Waals surface area contributed by atoms with Gasteiger partial charge in [0.15, 0.2) is 0 Å². The van der Waals surface area contributed by atoms with Gasteiger partial charge in [0, 0.05) is 25.9 Å². The van der Waals surface area contributed by atoms with E-state index in [0.29, 0.717) is 18.5 Å². The Morgan fingerprint density at radius 3 is 2.72 bits per heavy atom. The maximum absolute atomic E-state index is 13.5. The zero-order chi connectivity index (χ0) is 13.1. The Hall–Kier alpha value is -1.91. The lowest BCUT2D eigenvalue weighted by Gasteiger charge is -2.08. The van der Waals surface area contributed by atoms with E-state index in [1.165, 1.54) is 19.1 Å². The number of nitrogens with one attached hydrogen (secondary N) is 1. The van der Waals surface area contributed by atoms with Gasteiger partial charge in [-0.2, -0.15) is 5.10 Å². The summed E-state index contributed by atoms with van der Waals surface area (Å²) in [4.78, 5) is 0. The van der Waals surface area contributed by atoms with E-state index in [0.717, 1.165) is 5.56 Å². The minimum Gasteiger partial charge on any atom is -0.382 e. The van der Waals surface area contributed by atoms with Gasteiger partial charge < -0.3 is 5.32 Å². The Morgan fingerprint density at radius 1 is 1.28 bits per heavy atom. The molecule has 0 saturated heterocycles. The van der Waals surface area contributed by atoms with E-state index >= 15 is 0 Å². The second-order valence-electron chi connectivity index (χ2n) is 4.28. The first-order valence-electron chi connectivity index (χ1n) is 5.73. The first-order valence-corrected chi connectivity index (χ1v) is 5.73. The van der Waals surface area contributed by atoms with Crippen molar-refractivity contribution in [3.05, 3.63) is 47.3 Å². The van der Waals surface area contributed by atoms with Gasteiger partial charge in [-0.25, -0.2) is 8.78 Å². The third-order valence-electron chi connectivity index (χ3n) is 2.74. The van der Waals surface area contributed by atoms with Gasteiger partial charge in [0.2, 0.25) is 0 Å². The van der Waals surface area contributed by atoms with E-state index in [1.54, 1.807) is 10.9 Å². The summed E-state index contributed by atoms with van der Waals surface area (Å²) < 4.78 is 28.5. The molecule has 0 bridgehead atoms. The molecule has 1 heterocycles. The molecule has 0 fully saturated rings. The molecule has 2 rings (SSSR count). The van der Waals surface area contributed by atoms with Crippen LogP contribution in [0.15, 0.2) is 24.5 Å². The molecule has 2 aromatic rings. The van der Waals surface area contributed by atoms with E-state index in [2.05, 4.69) is 10.4 Å². The van der Waals surface area contributed by atoms with Crippen LogP contribution in [-0.4, -0.2) is 16.3 Å². The van der Waals surface area contributed by atoms with E-state index < -0.39 is 11.6 Å². The zero-order valence-corrected chi connectivity index (χ0v) is 10.4. The normalized spacial score (nSPS) is 10.7. The van der Waals surface area contributed by atoms with Crippen molar-refractivity contribution in [2.45, 2.75) is 13.3 Å². The number of halogens is 2. The number of benzene rings is 1. The van der Waals surface area contributed by atoms with Gasteiger partial charge in [-0.3, -0.25) is 4.68 Å². The van der Waals surface area contributed by atoms with Crippen molar-refractivity contribution < 1.29 is 8.78 Å². The maximum Gasteiger partial charge on any atom is 0.146 e. The van der Waals surface area contributed by atoms with Crippen LogP contribution < -0.4 is 5.32 Å². The molecule has 0 saturated carbocycles. The molecular formula is C13H15F2N3. The van der Waals surface area contributed by atoms with Gasteiger partial charge in [-0.15, -0.1) is 0 Å². The molecule has 0 radical (unpaired) electrons. The van der Waals surface area contributed by atoms with Crippen LogP contribution in [0, 0.1) is 18.6 Å². The van der Waals surface area contributed by atoms with Crippen LogP contribution in [0.1, 0.15) is 11.1 Å². The highest BCUT2D eigenvalue weighted by molar-refractivity contribution is 5.46. The summed E-state index contributed by atoms with van der Waals surface area (Å²) in [7, 11) is 1.84. The van der Waals surface area contributed by atoms with E-state index in [1.807, 2.05) is 13.2 Å². The van der Waals surface area contributed by atoms with Crippen molar-refractivity contribution in [1.82, 2.24) is 9.78 Å². The SMILES string of the molecule is Cc1cc(F)c(NCCc2cnn(C)c2)cc1F. The van der Waals surface area contributed by atoms with Crippen molar-refractivity contribution in [1.29, 1.82) is 0 Å². The molecule has 1 aromatic carbocycles. The predicted octanol–water partition coefficient (Wildman–Crippen LogP) is 2.66. The zero-order valence-electron chi connectivity index (χ0n) is 10.4. The highest BCUT2D eigenvalue weighted by Crippen LogP contribution is 2.18. The first kappa shape index (κ1) is 12.5. The summed E-state index contributed by atoms with van der Waals surface area (Å²) in [6.07, 6.45) is 4.37. The van der Waals surface area contributed by atoms with Crippen molar-refractivity contribution in [2.75, 3.05) is 11.9 Å². The number of aryl methyl sites for hydroxylation is 2. The summed E-state index contributed by atoms with van der Waals surface area (Å²) in [5, 5.41) is 6.93. The molecule has 0 atom stereocenters. The monoisotopic (exact) mass is 251 g/mol. The van der Waals surface area contributed by atoms with Crippen LogP contribution in [-0.2, 0) is 13.5 Å². The summed E-state index contributed by atoms with van der Waals surface area (Å²) >= 11 is 0. The van der Waals surface area contributed by atoms with Crippen molar-refractivity contribution in [3.8, 4) is 0 Å². The van der Waals surface area contributed by atoms with Gasteiger partial charge >= 0.3 is 0 Å². The molecule has 1 aromatic heterocycles. The van der Waals surface area contributed by atoms with Gasteiger partial charge in [-0.05, 0) is 30.5 Å². The average molecular weight is 251 g/mol. The van der Waals surface area contributed by atoms with Crippen LogP contribution in [0.5, 0.6) is 0 Å². The summed E-state index contributed by atoms with van der Waals surface area (Å²) in [5.74, 6) is -0.833. The van der Waals surface area contributed by atoms with Crippen molar-refractivity contribution in [2.24, 2.45) is 7.05 Å². The number of aromatic nitrogens is 2. The van der Waals surface area contributed by atoms with Crippen LogP contribution >= 0.6 is 0 Å². The van der Waals surface area contributed by atoms with Crippen LogP contribution in [0.25, 0.3) is 0 Å². The van der Waals surface area contributed by atoms with Crippen LogP contribution in [0.2, 0.25) is 0 Å². The molecule has 3 nitrogen and oxygen atoms in total. The van der Waals surface area contributed by atoms with Gasteiger partial charge in [0.25, 0.3) is 0 Å². The highest BCUT2D eigenvalue weighted by atomic mass is 19.1. The third kappa shape index (κ3) is 2.85. The number of hydrogen-bond acceptors (Lipinski definition) is 2. The average Bonchev–Trinajstić information content (AvgIpc) is 2.71. The van der Waals surface area contributed by atoms with Crippen LogP contribution in [0.3, 0.4) is 0 Å². The lowest BCUT2D eigenvalue weighted by Crippen LogP contribution is -2.06. The largest absolute Gasteiger partial charge is 0.382 e. The molecule has 0 unspecified atom stereocenters. The minimum absolute atomic E-state index is 0.196. The molecular weight excluding hydrogens is 236 g/mol. The Morgan fingerprint density at radius 2 is 2.06 bits per heavy atom. The minimum atomic E-state index is -0.430. The molecule has 0 aliphatic rings. The summed E-state index contributed by atoms with van der Waals surface area (Å²) in [6.45, 7) is 2.07. The molecule has 5 heteroatoms. The van der Waals surface area contributed by atoms with Crippen molar-refractivity contribution >= 4 is 5.69 Å². The van der Waals surface area contributed by atoms with Crippen molar-refractivity contribution in [3.63, 3.8) is 0 Å². The molecule has 96 valence electrons. The smallest absolute Gasteiger partial charge is 0.146 e. The second-order valence-corrected chi connectivity index (χ2v) is 4.28. The lowest BCUT2D eigenvalue weighted by atomic mass is 10.2. The fraction of sp³-hybridized carbons (Fsp3) is 0.308. The first-order chi connectivity index (χ1) is 8.56. The Kier molecular flexibility index (Phi) is 3.60. The molecule has 0 spiro atoms. The molecule has 18 heavy (non-hydrogen) atoms. The van der Waals surface area contributed by atoms with E-state index in [9.17, 15) is 8.78 Å². The van der Waals surface area contributed by atoms with E-state index in [4.69, 9.17) is 0 Å². The number of anilines is 1. The lowest BCUT2D eigenvalue weighted by molar-refractivity contribution is 0.594. The fourth-order valence-corrected chi connectivity index (χ4v) is 1.72. The van der Waals surface area contributed by atoms with Gasteiger partial charge in [0.05, 0.1) is 11.9 Å². The van der Waals surface area contributed by atoms with Gasteiger partial charge in [-0.1, -0.05) is 0 Å². The summed E-state index contributed by atoms with van der Waals surface area (Å²) in [6, 6.07) is 2.38. The fourth-order valence-electron chi connectivity index (χ4n) is 1.72. The van der Waals surface area contributed by atoms with E-state index in [-0.39, 0.29) is 5.69 Å². The van der Waals surface area contributed by atoms with Crippen LogP contribution in [0.4, 0.5) is 14.5 Å². The number of nitrogens with zero attached hydrogens (tertiary/aromatic N) is 2. The Balaban J connectivity index is 1.96.